The monoisotopic (exact) mass is 457 g/mol. The second-order valence-electron chi connectivity index (χ2n) is 8.10. The quantitative estimate of drug-likeness (QED) is 0.629. The number of likely N-dealkylation sites (tertiary alicyclic amines) is 1. The molecule has 0 spiro atoms. The van der Waals surface area contributed by atoms with Crippen molar-refractivity contribution in [2.45, 2.75) is 18.5 Å². The molecule has 3 aromatic rings. The third-order valence-electron chi connectivity index (χ3n) is 6.05. The largest absolute Gasteiger partial charge is 0.497 e. The number of nitrogens with one attached hydrogen (secondary N) is 1. The maximum absolute atomic E-state index is 13.5. The van der Waals surface area contributed by atoms with Gasteiger partial charge in [0.05, 0.1) is 18.8 Å². The van der Waals surface area contributed by atoms with E-state index < -0.39 is 24.0 Å². The summed E-state index contributed by atoms with van der Waals surface area (Å²) in [5.41, 5.74) is 0.866. The molecule has 8 nitrogen and oxygen atoms in total. The Labute approximate surface area is 196 Å². The highest BCUT2D eigenvalue weighted by atomic mass is 16.5. The van der Waals surface area contributed by atoms with Crippen LogP contribution in [0.3, 0.4) is 0 Å². The van der Waals surface area contributed by atoms with Crippen LogP contribution in [0.15, 0.2) is 78.9 Å². The highest BCUT2D eigenvalue weighted by Gasteiger charge is 2.50. The lowest BCUT2D eigenvalue weighted by molar-refractivity contribution is -0.122. The Morgan fingerprint density at radius 1 is 0.882 bits per heavy atom. The standard InChI is InChI=1S/C26H23N3O5/c1-33-19-11-7-17(8-12-19)24(30)28-16-15-22-23(28)25(31)29(26(32)27-22)18-9-13-21(14-10-18)34-20-5-3-2-4-6-20/h2-14,22-23H,15-16H2,1H3,(H,27,32)/t22-,23-/m0/s1. The first-order valence-corrected chi connectivity index (χ1v) is 11.0. The molecule has 8 heteroatoms. The van der Waals surface area contributed by atoms with Gasteiger partial charge < -0.3 is 19.7 Å². The molecule has 2 heterocycles. The molecular weight excluding hydrogens is 434 g/mol. The summed E-state index contributed by atoms with van der Waals surface area (Å²) in [6.45, 7) is 0.379. The van der Waals surface area contributed by atoms with Gasteiger partial charge in [-0.15, -0.1) is 0 Å². The summed E-state index contributed by atoms with van der Waals surface area (Å²) < 4.78 is 10.9. The molecule has 2 atom stereocenters. The van der Waals surface area contributed by atoms with Crippen molar-refractivity contribution in [2.75, 3.05) is 18.6 Å². The highest BCUT2D eigenvalue weighted by molar-refractivity contribution is 6.19. The van der Waals surface area contributed by atoms with Gasteiger partial charge in [0, 0.05) is 12.1 Å². The fourth-order valence-corrected chi connectivity index (χ4v) is 4.36. The average Bonchev–Trinajstić information content (AvgIpc) is 3.29. The van der Waals surface area contributed by atoms with E-state index in [0.717, 1.165) is 4.90 Å². The second kappa shape index (κ2) is 8.90. The SMILES string of the molecule is COc1ccc(C(=O)N2CC[C@@H]3NC(=O)N(c4ccc(Oc5ccccc5)cc4)C(=O)[C@H]32)cc1. The van der Waals surface area contributed by atoms with Crippen LogP contribution in [0, 0.1) is 0 Å². The fourth-order valence-electron chi connectivity index (χ4n) is 4.36. The van der Waals surface area contributed by atoms with E-state index in [0.29, 0.717) is 41.5 Å². The Morgan fingerprint density at radius 3 is 2.21 bits per heavy atom. The Morgan fingerprint density at radius 2 is 1.53 bits per heavy atom. The summed E-state index contributed by atoms with van der Waals surface area (Å²) in [7, 11) is 1.56. The Bertz CT molecular complexity index is 1210. The smallest absolute Gasteiger partial charge is 0.329 e. The molecular formula is C26H23N3O5. The van der Waals surface area contributed by atoms with Gasteiger partial charge in [0.2, 0.25) is 0 Å². The van der Waals surface area contributed by atoms with Crippen LogP contribution in [0.5, 0.6) is 17.2 Å². The van der Waals surface area contributed by atoms with Crippen molar-refractivity contribution >= 4 is 23.5 Å². The predicted molar refractivity (Wildman–Crippen MR) is 125 cm³/mol. The van der Waals surface area contributed by atoms with Crippen LogP contribution in [0.2, 0.25) is 0 Å². The number of carbonyl (C=O) groups excluding carboxylic acids is 3. The molecule has 5 rings (SSSR count). The average molecular weight is 457 g/mol. The van der Waals surface area contributed by atoms with Gasteiger partial charge in [0.1, 0.15) is 23.3 Å². The van der Waals surface area contributed by atoms with Gasteiger partial charge in [-0.25, -0.2) is 9.69 Å². The Hall–Kier alpha value is -4.33. The first-order valence-electron chi connectivity index (χ1n) is 11.0. The summed E-state index contributed by atoms with van der Waals surface area (Å²) in [6.07, 6.45) is 0.516. The molecule has 2 aliphatic heterocycles. The number of methoxy groups -OCH3 is 1. The summed E-state index contributed by atoms with van der Waals surface area (Å²) in [5, 5.41) is 2.89. The van der Waals surface area contributed by atoms with Crippen LogP contribution in [-0.2, 0) is 4.79 Å². The van der Waals surface area contributed by atoms with Crippen molar-refractivity contribution in [3.8, 4) is 17.2 Å². The molecule has 0 radical (unpaired) electrons. The van der Waals surface area contributed by atoms with E-state index in [1.54, 1.807) is 55.6 Å². The van der Waals surface area contributed by atoms with Crippen molar-refractivity contribution in [2.24, 2.45) is 0 Å². The van der Waals surface area contributed by atoms with E-state index in [-0.39, 0.29) is 5.91 Å². The van der Waals surface area contributed by atoms with Gasteiger partial charge in [-0.1, -0.05) is 18.2 Å². The van der Waals surface area contributed by atoms with Gasteiger partial charge in [-0.3, -0.25) is 9.59 Å². The normalized spacial score (nSPS) is 19.4. The number of hydrogen-bond acceptors (Lipinski definition) is 5. The van der Waals surface area contributed by atoms with Gasteiger partial charge in [0.25, 0.3) is 11.8 Å². The zero-order chi connectivity index (χ0) is 23.7. The van der Waals surface area contributed by atoms with Gasteiger partial charge >= 0.3 is 6.03 Å². The molecule has 4 amide bonds. The van der Waals surface area contributed by atoms with E-state index in [1.165, 1.54) is 4.90 Å². The summed E-state index contributed by atoms with van der Waals surface area (Å²) in [6, 6.07) is 21.1. The first kappa shape index (κ1) is 21.5. The van der Waals surface area contributed by atoms with E-state index in [9.17, 15) is 14.4 Å². The number of benzene rings is 3. The molecule has 0 unspecified atom stereocenters. The number of imide groups is 1. The van der Waals surface area contributed by atoms with Crippen LogP contribution < -0.4 is 19.7 Å². The summed E-state index contributed by atoms with van der Waals surface area (Å²) in [5.74, 6) is 1.22. The Balaban J connectivity index is 1.36. The maximum atomic E-state index is 13.5. The second-order valence-corrected chi connectivity index (χ2v) is 8.10. The number of nitrogens with zero attached hydrogens (tertiary/aromatic N) is 2. The van der Waals surface area contributed by atoms with E-state index in [2.05, 4.69) is 5.32 Å². The lowest BCUT2D eigenvalue weighted by atomic mass is 10.0. The number of ether oxygens (including phenoxy) is 2. The molecule has 1 N–H and O–H groups in total. The van der Waals surface area contributed by atoms with Crippen LogP contribution in [-0.4, -0.2) is 48.5 Å². The lowest BCUT2D eigenvalue weighted by Gasteiger charge is -2.36. The molecule has 0 bridgehead atoms. The molecule has 2 fully saturated rings. The number of rotatable bonds is 5. The molecule has 2 saturated heterocycles. The van der Waals surface area contributed by atoms with Crippen molar-refractivity contribution < 1.29 is 23.9 Å². The van der Waals surface area contributed by atoms with Crippen molar-refractivity contribution in [1.82, 2.24) is 10.2 Å². The van der Waals surface area contributed by atoms with Crippen LogP contribution in [0.25, 0.3) is 0 Å². The zero-order valence-electron chi connectivity index (χ0n) is 18.5. The molecule has 0 aliphatic carbocycles. The van der Waals surface area contributed by atoms with Crippen LogP contribution >= 0.6 is 0 Å². The van der Waals surface area contributed by atoms with Gasteiger partial charge in [-0.05, 0) is 67.1 Å². The molecule has 0 saturated carbocycles. The molecule has 0 aromatic heterocycles. The molecule has 172 valence electrons. The number of anilines is 1. The van der Waals surface area contributed by atoms with E-state index in [4.69, 9.17) is 9.47 Å². The molecule has 3 aromatic carbocycles. The number of hydrogen-bond donors (Lipinski definition) is 1. The van der Waals surface area contributed by atoms with Gasteiger partial charge in [-0.2, -0.15) is 0 Å². The number of urea groups is 1. The minimum Gasteiger partial charge on any atom is -0.497 e. The molecule has 34 heavy (non-hydrogen) atoms. The minimum absolute atomic E-state index is 0.258. The maximum Gasteiger partial charge on any atom is 0.329 e. The Kier molecular flexibility index (Phi) is 5.63. The number of amides is 4. The van der Waals surface area contributed by atoms with Crippen LogP contribution in [0.1, 0.15) is 16.8 Å². The third kappa shape index (κ3) is 3.94. The van der Waals surface area contributed by atoms with Crippen molar-refractivity contribution in [1.29, 1.82) is 0 Å². The van der Waals surface area contributed by atoms with Gasteiger partial charge in [0.15, 0.2) is 0 Å². The lowest BCUT2D eigenvalue weighted by Crippen LogP contribution is -2.65. The number of fused-ring (bicyclic) bond motifs is 1. The topological polar surface area (TPSA) is 88.2 Å². The third-order valence-corrected chi connectivity index (χ3v) is 6.05. The number of carbonyl (C=O) groups is 3. The fraction of sp³-hybridized carbons (Fsp3) is 0.192. The summed E-state index contributed by atoms with van der Waals surface area (Å²) in [4.78, 5) is 42.0. The zero-order valence-corrected chi connectivity index (χ0v) is 18.5. The number of para-hydroxylation sites is 1. The van der Waals surface area contributed by atoms with Crippen LogP contribution in [0.4, 0.5) is 10.5 Å². The van der Waals surface area contributed by atoms with E-state index >= 15 is 0 Å². The molecule has 2 aliphatic rings. The van der Waals surface area contributed by atoms with E-state index in [1.807, 2.05) is 30.3 Å². The van der Waals surface area contributed by atoms with Crippen molar-refractivity contribution in [3.63, 3.8) is 0 Å². The summed E-state index contributed by atoms with van der Waals surface area (Å²) >= 11 is 0. The highest BCUT2D eigenvalue weighted by Crippen LogP contribution is 2.31. The van der Waals surface area contributed by atoms with Crippen molar-refractivity contribution in [3.05, 3.63) is 84.4 Å². The minimum atomic E-state index is -0.771. The first-order chi connectivity index (χ1) is 16.5. The predicted octanol–water partition coefficient (Wildman–Crippen LogP) is 3.83.